The van der Waals surface area contributed by atoms with Crippen LogP contribution >= 0.6 is 0 Å². The lowest BCUT2D eigenvalue weighted by molar-refractivity contribution is 0.343. The summed E-state index contributed by atoms with van der Waals surface area (Å²) in [5, 5.41) is 0.775. The maximum absolute atomic E-state index is 12.8. The summed E-state index contributed by atoms with van der Waals surface area (Å²) in [6, 6.07) is 9.16. The van der Waals surface area contributed by atoms with Gasteiger partial charge in [0.15, 0.2) is 5.65 Å². The zero-order valence-electron chi connectivity index (χ0n) is 16.4. The normalized spacial score (nSPS) is 11.3. The van der Waals surface area contributed by atoms with Crippen LogP contribution < -0.4 is 15.2 Å². The Bertz CT molecular complexity index is 1420. The number of pyridine rings is 2. The molecule has 0 spiro atoms. The van der Waals surface area contributed by atoms with Crippen molar-refractivity contribution in [2.75, 3.05) is 13.7 Å². The van der Waals surface area contributed by atoms with Gasteiger partial charge in [0.05, 0.1) is 37.4 Å². The molecular weight excluding hydrogens is 384 g/mol. The van der Waals surface area contributed by atoms with Crippen molar-refractivity contribution < 1.29 is 13.9 Å². The predicted molar refractivity (Wildman–Crippen MR) is 112 cm³/mol. The highest BCUT2D eigenvalue weighted by atomic mass is 16.5. The molecule has 0 amide bonds. The van der Waals surface area contributed by atoms with Gasteiger partial charge in [-0.25, -0.2) is 9.78 Å². The van der Waals surface area contributed by atoms with Gasteiger partial charge < -0.3 is 13.9 Å². The molecule has 0 bridgehead atoms. The van der Waals surface area contributed by atoms with Crippen LogP contribution in [0, 0.1) is 0 Å². The minimum absolute atomic E-state index is 0.304. The number of methoxy groups -OCH3 is 1. The smallest absolute Gasteiger partial charge is 0.332 e. The summed E-state index contributed by atoms with van der Waals surface area (Å²) in [5.74, 6) is 1.23. The highest BCUT2D eigenvalue weighted by molar-refractivity contribution is 5.93. The standard InChI is InChI=1S/C22H18N4O4/c1-3-30-18-6-8-23-21-19(18)26(22(27)25-21)14-4-5-17-15(10-14)20(28-2)16(11-24-17)13-7-9-29-12-13/h4-12H,3H2,1-2H3,(H,23,25,27). The second kappa shape index (κ2) is 7.07. The van der Waals surface area contributed by atoms with Crippen molar-refractivity contribution in [2.45, 2.75) is 6.92 Å². The summed E-state index contributed by atoms with van der Waals surface area (Å²) in [6.45, 7) is 2.37. The largest absolute Gasteiger partial charge is 0.495 e. The van der Waals surface area contributed by atoms with E-state index in [9.17, 15) is 4.79 Å². The first kappa shape index (κ1) is 18.0. The number of aromatic amines is 1. The van der Waals surface area contributed by atoms with Crippen molar-refractivity contribution in [3.05, 3.63) is 65.7 Å². The number of aromatic nitrogens is 4. The molecule has 0 saturated carbocycles. The van der Waals surface area contributed by atoms with E-state index in [1.54, 1.807) is 42.7 Å². The number of H-pyrrole nitrogens is 1. The minimum Gasteiger partial charge on any atom is -0.495 e. The van der Waals surface area contributed by atoms with Crippen molar-refractivity contribution >= 4 is 22.1 Å². The summed E-state index contributed by atoms with van der Waals surface area (Å²) in [5.41, 5.74) is 3.81. The molecule has 8 heteroatoms. The monoisotopic (exact) mass is 402 g/mol. The SMILES string of the molecule is CCOc1ccnc2[nH]c(=O)n(-c3ccc4ncc(-c5ccoc5)c(OC)c4c3)c12. The zero-order chi connectivity index (χ0) is 20.7. The number of nitrogens with one attached hydrogen (secondary N) is 1. The molecule has 5 rings (SSSR count). The number of benzene rings is 1. The molecule has 0 radical (unpaired) electrons. The number of hydrogen-bond acceptors (Lipinski definition) is 6. The lowest BCUT2D eigenvalue weighted by Crippen LogP contribution is -2.15. The molecule has 150 valence electrons. The number of fused-ring (bicyclic) bond motifs is 2. The van der Waals surface area contributed by atoms with E-state index in [4.69, 9.17) is 13.9 Å². The maximum atomic E-state index is 12.8. The fourth-order valence-corrected chi connectivity index (χ4v) is 3.66. The summed E-state index contributed by atoms with van der Waals surface area (Å²) in [7, 11) is 1.61. The van der Waals surface area contributed by atoms with Crippen LogP contribution in [-0.4, -0.2) is 33.2 Å². The topological polar surface area (TPSA) is 95.2 Å². The molecule has 0 aliphatic carbocycles. The lowest BCUT2D eigenvalue weighted by atomic mass is 10.1. The highest BCUT2D eigenvalue weighted by Gasteiger charge is 2.17. The number of hydrogen-bond donors (Lipinski definition) is 1. The Morgan fingerprint density at radius 2 is 2.10 bits per heavy atom. The molecule has 4 heterocycles. The Hall–Kier alpha value is -4.07. The van der Waals surface area contributed by atoms with E-state index < -0.39 is 0 Å². The van der Waals surface area contributed by atoms with Gasteiger partial charge in [-0.15, -0.1) is 0 Å². The predicted octanol–water partition coefficient (Wildman–Crippen LogP) is 3.93. The van der Waals surface area contributed by atoms with Crippen molar-refractivity contribution in [3.63, 3.8) is 0 Å². The Morgan fingerprint density at radius 3 is 2.87 bits per heavy atom. The van der Waals surface area contributed by atoms with Gasteiger partial charge in [0, 0.05) is 35.0 Å². The number of rotatable bonds is 5. The van der Waals surface area contributed by atoms with E-state index in [-0.39, 0.29) is 5.69 Å². The van der Waals surface area contributed by atoms with Crippen LogP contribution in [0.5, 0.6) is 11.5 Å². The summed E-state index contributed by atoms with van der Waals surface area (Å²) in [4.78, 5) is 24.4. The third-order valence-electron chi connectivity index (χ3n) is 4.94. The van der Waals surface area contributed by atoms with Crippen molar-refractivity contribution in [2.24, 2.45) is 0 Å². The molecule has 5 aromatic rings. The van der Waals surface area contributed by atoms with Crippen LogP contribution in [-0.2, 0) is 0 Å². The van der Waals surface area contributed by atoms with Crippen LogP contribution in [0.25, 0.3) is 38.9 Å². The maximum Gasteiger partial charge on any atom is 0.332 e. The molecule has 0 atom stereocenters. The Kier molecular flexibility index (Phi) is 4.24. The van der Waals surface area contributed by atoms with Crippen LogP contribution in [0.2, 0.25) is 0 Å². The number of ether oxygens (including phenoxy) is 2. The highest BCUT2D eigenvalue weighted by Crippen LogP contribution is 2.37. The first-order valence-electron chi connectivity index (χ1n) is 9.43. The summed E-state index contributed by atoms with van der Waals surface area (Å²) in [6.07, 6.45) is 6.60. The van der Waals surface area contributed by atoms with E-state index in [2.05, 4.69) is 15.0 Å². The van der Waals surface area contributed by atoms with Crippen molar-refractivity contribution in [1.29, 1.82) is 0 Å². The van der Waals surface area contributed by atoms with E-state index in [0.717, 1.165) is 22.0 Å². The summed E-state index contributed by atoms with van der Waals surface area (Å²) >= 11 is 0. The van der Waals surface area contributed by atoms with E-state index in [1.165, 1.54) is 0 Å². The average molecular weight is 402 g/mol. The molecule has 8 nitrogen and oxygen atoms in total. The fourth-order valence-electron chi connectivity index (χ4n) is 3.66. The Labute approximate surface area is 170 Å². The number of nitrogens with zero attached hydrogens (tertiary/aromatic N) is 3. The van der Waals surface area contributed by atoms with Crippen molar-refractivity contribution in [1.82, 2.24) is 19.5 Å². The number of furan rings is 1. The molecule has 0 aliphatic rings. The van der Waals surface area contributed by atoms with Gasteiger partial charge in [-0.3, -0.25) is 14.5 Å². The molecule has 0 saturated heterocycles. The Balaban J connectivity index is 1.79. The third-order valence-corrected chi connectivity index (χ3v) is 4.94. The molecule has 0 fully saturated rings. The molecule has 0 aliphatic heterocycles. The van der Waals surface area contributed by atoms with E-state index in [0.29, 0.717) is 35.0 Å². The van der Waals surface area contributed by atoms with Gasteiger partial charge in [-0.2, -0.15) is 0 Å². The number of imidazole rings is 1. The molecule has 1 N–H and O–H groups in total. The van der Waals surface area contributed by atoms with Gasteiger partial charge in [0.2, 0.25) is 0 Å². The second-order valence-electron chi connectivity index (χ2n) is 6.62. The minimum atomic E-state index is -0.304. The van der Waals surface area contributed by atoms with Gasteiger partial charge in [0.1, 0.15) is 17.0 Å². The Morgan fingerprint density at radius 1 is 1.20 bits per heavy atom. The van der Waals surface area contributed by atoms with Crippen LogP contribution in [0.15, 0.2) is 64.5 Å². The fraction of sp³-hybridized carbons (Fsp3) is 0.136. The van der Waals surface area contributed by atoms with Crippen LogP contribution in [0.3, 0.4) is 0 Å². The van der Waals surface area contributed by atoms with E-state index in [1.807, 2.05) is 31.2 Å². The first-order valence-corrected chi connectivity index (χ1v) is 9.43. The first-order chi connectivity index (χ1) is 14.7. The van der Waals surface area contributed by atoms with Gasteiger partial charge in [0.25, 0.3) is 0 Å². The second-order valence-corrected chi connectivity index (χ2v) is 6.62. The van der Waals surface area contributed by atoms with Crippen LogP contribution in [0.4, 0.5) is 0 Å². The molecule has 30 heavy (non-hydrogen) atoms. The van der Waals surface area contributed by atoms with Crippen molar-refractivity contribution in [3.8, 4) is 28.3 Å². The zero-order valence-corrected chi connectivity index (χ0v) is 16.4. The van der Waals surface area contributed by atoms with Gasteiger partial charge in [-0.1, -0.05) is 0 Å². The van der Waals surface area contributed by atoms with E-state index >= 15 is 0 Å². The van der Waals surface area contributed by atoms with Crippen LogP contribution in [0.1, 0.15) is 6.92 Å². The lowest BCUT2D eigenvalue weighted by Gasteiger charge is -2.12. The summed E-state index contributed by atoms with van der Waals surface area (Å²) < 4.78 is 18.2. The average Bonchev–Trinajstić information content (AvgIpc) is 3.40. The van der Waals surface area contributed by atoms with Gasteiger partial charge >= 0.3 is 5.69 Å². The molecular formula is C22H18N4O4. The third kappa shape index (κ3) is 2.73. The molecule has 0 unspecified atom stereocenters. The quantitative estimate of drug-likeness (QED) is 0.479. The molecule has 1 aromatic carbocycles. The molecule has 4 aromatic heterocycles. The van der Waals surface area contributed by atoms with Gasteiger partial charge in [-0.05, 0) is 31.2 Å².